The van der Waals surface area contributed by atoms with Gasteiger partial charge in [-0.15, -0.1) is 0 Å². The number of aliphatic hydroxyl groups excluding tert-OH is 3. The van der Waals surface area contributed by atoms with E-state index >= 15 is 0 Å². The van der Waals surface area contributed by atoms with Crippen molar-refractivity contribution < 1.29 is 35.1 Å². The second-order valence-corrected chi connectivity index (χ2v) is 8.08. The van der Waals surface area contributed by atoms with E-state index in [1.165, 1.54) is 23.3 Å². The van der Waals surface area contributed by atoms with Gasteiger partial charge in [-0.1, -0.05) is 0 Å². The molecule has 34 heavy (non-hydrogen) atoms. The molecule has 178 valence electrons. The Labute approximate surface area is 191 Å². The Morgan fingerprint density at radius 2 is 2.03 bits per heavy atom. The highest BCUT2D eigenvalue weighted by Crippen LogP contribution is 2.32. The molecule has 1 fully saturated rings. The van der Waals surface area contributed by atoms with Gasteiger partial charge in [-0.25, -0.2) is 19.7 Å². The first-order valence-electron chi connectivity index (χ1n) is 10.5. The molecule has 4 heterocycles. The molecule has 3 aromatic heterocycles. The lowest BCUT2D eigenvalue weighted by molar-refractivity contribution is -0.137. The van der Waals surface area contributed by atoms with Crippen LogP contribution in [0.5, 0.6) is 5.75 Å². The summed E-state index contributed by atoms with van der Waals surface area (Å²) >= 11 is 0. The van der Waals surface area contributed by atoms with Gasteiger partial charge in [-0.05, 0) is 24.3 Å². The number of fused-ring (bicyclic) bond motifs is 2. The Bertz CT molecular complexity index is 1350. The highest BCUT2D eigenvalue weighted by Gasteiger charge is 2.44. The second-order valence-electron chi connectivity index (χ2n) is 8.08. The van der Waals surface area contributed by atoms with Crippen LogP contribution in [0.1, 0.15) is 11.9 Å². The average Bonchev–Trinajstić information content (AvgIpc) is 3.49. The summed E-state index contributed by atoms with van der Waals surface area (Å²) in [6.07, 6.45) is -1.98. The summed E-state index contributed by atoms with van der Waals surface area (Å²) < 4.78 is 6.93. The number of carboxylic acid groups (broad SMARTS) is 1. The van der Waals surface area contributed by atoms with Crippen LogP contribution in [0.2, 0.25) is 0 Å². The second kappa shape index (κ2) is 8.53. The normalized spacial score (nSPS) is 23.5. The van der Waals surface area contributed by atoms with Gasteiger partial charge in [0.1, 0.15) is 36.4 Å². The minimum Gasteiger partial charge on any atom is -0.508 e. The predicted octanol–water partition coefficient (Wildman–Crippen LogP) is -0.268. The molecular formula is C21H22N6O7. The van der Waals surface area contributed by atoms with Crippen LogP contribution in [-0.2, 0) is 16.0 Å². The SMILES string of the molecule is O=C(O)C(Cc1cc2cc(O)ccc2[nH]1)Nc1ncnc2c1ncn2[C@@H]1O[C@H](CO)[C@@H](O)[C@H]1O. The van der Waals surface area contributed by atoms with E-state index in [1.807, 2.05) is 0 Å². The Morgan fingerprint density at radius 1 is 1.21 bits per heavy atom. The van der Waals surface area contributed by atoms with Gasteiger partial charge >= 0.3 is 5.97 Å². The molecule has 1 aliphatic rings. The van der Waals surface area contributed by atoms with E-state index < -0.39 is 43.2 Å². The van der Waals surface area contributed by atoms with Crippen LogP contribution in [0.4, 0.5) is 5.82 Å². The van der Waals surface area contributed by atoms with Gasteiger partial charge in [0.2, 0.25) is 0 Å². The molecule has 0 amide bonds. The van der Waals surface area contributed by atoms with Crippen LogP contribution in [0, 0.1) is 0 Å². The zero-order chi connectivity index (χ0) is 24.0. The fourth-order valence-electron chi connectivity index (χ4n) is 4.13. The molecule has 0 spiro atoms. The van der Waals surface area contributed by atoms with Gasteiger partial charge < -0.3 is 40.6 Å². The Hall–Kier alpha value is -3.78. The van der Waals surface area contributed by atoms with Gasteiger partial charge in [0.05, 0.1) is 12.9 Å². The van der Waals surface area contributed by atoms with E-state index in [1.54, 1.807) is 18.2 Å². The van der Waals surface area contributed by atoms with Crippen LogP contribution in [0.15, 0.2) is 36.9 Å². The largest absolute Gasteiger partial charge is 0.508 e. The molecule has 5 atom stereocenters. The number of nitrogens with one attached hydrogen (secondary N) is 2. The maximum atomic E-state index is 12.0. The van der Waals surface area contributed by atoms with Gasteiger partial charge in [0.15, 0.2) is 23.2 Å². The van der Waals surface area contributed by atoms with Gasteiger partial charge in [0, 0.05) is 23.0 Å². The maximum Gasteiger partial charge on any atom is 0.326 e. The van der Waals surface area contributed by atoms with Crippen LogP contribution >= 0.6 is 0 Å². The Morgan fingerprint density at radius 3 is 2.76 bits per heavy atom. The first-order valence-corrected chi connectivity index (χ1v) is 10.5. The van der Waals surface area contributed by atoms with E-state index in [0.29, 0.717) is 5.69 Å². The summed E-state index contributed by atoms with van der Waals surface area (Å²) in [6, 6.07) is 5.51. The third-order valence-corrected chi connectivity index (χ3v) is 5.84. The first kappa shape index (κ1) is 22.0. The molecule has 0 aliphatic carbocycles. The summed E-state index contributed by atoms with van der Waals surface area (Å²) in [5.41, 5.74) is 1.90. The third-order valence-electron chi connectivity index (χ3n) is 5.84. The minimum atomic E-state index is -1.32. The van der Waals surface area contributed by atoms with Crippen LogP contribution in [0.25, 0.3) is 22.1 Å². The molecule has 0 radical (unpaired) electrons. The van der Waals surface area contributed by atoms with Crippen molar-refractivity contribution in [3.63, 3.8) is 0 Å². The summed E-state index contributed by atoms with van der Waals surface area (Å²) in [7, 11) is 0. The zero-order valence-corrected chi connectivity index (χ0v) is 17.6. The number of benzene rings is 1. The van der Waals surface area contributed by atoms with E-state index in [9.17, 15) is 30.3 Å². The molecule has 7 N–H and O–H groups in total. The Kier molecular flexibility index (Phi) is 5.53. The van der Waals surface area contributed by atoms with Crippen molar-refractivity contribution in [1.82, 2.24) is 24.5 Å². The number of phenolic OH excluding ortho intramolecular Hbond substituents is 1. The molecule has 1 aromatic carbocycles. The average molecular weight is 470 g/mol. The molecule has 13 heteroatoms. The number of nitrogens with zero attached hydrogens (tertiary/aromatic N) is 4. The van der Waals surface area contributed by atoms with Crippen molar-refractivity contribution in [3.05, 3.63) is 42.6 Å². The number of aromatic amines is 1. The van der Waals surface area contributed by atoms with E-state index in [-0.39, 0.29) is 29.2 Å². The van der Waals surface area contributed by atoms with Crippen LogP contribution in [0.3, 0.4) is 0 Å². The number of phenols is 1. The molecule has 1 saturated heterocycles. The number of hydrogen-bond acceptors (Lipinski definition) is 10. The topological polar surface area (TPSA) is 199 Å². The van der Waals surface area contributed by atoms with Crippen LogP contribution < -0.4 is 5.32 Å². The number of carboxylic acids is 1. The van der Waals surface area contributed by atoms with E-state index in [4.69, 9.17) is 4.74 Å². The van der Waals surface area contributed by atoms with E-state index in [2.05, 4.69) is 25.3 Å². The number of aliphatic hydroxyl groups is 3. The standard InChI is InChI=1S/C21H22N6O7/c28-6-14-16(30)17(31)20(34-14)27-8-24-15-18(22-7-23-19(15)27)26-13(21(32)33)5-10-3-9-4-11(29)1-2-12(9)25-10/h1-4,7-8,13-14,16-17,20,25,28-31H,5-6H2,(H,32,33)(H,22,23,26)/t13?,14-,16-,17-,20-/m1/s1. The number of hydrogen-bond donors (Lipinski definition) is 7. The smallest absolute Gasteiger partial charge is 0.326 e. The fraction of sp³-hybridized carbons (Fsp3) is 0.333. The fourth-order valence-corrected chi connectivity index (χ4v) is 4.13. The highest BCUT2D eigenvalue weighted by atomic mass is 16.6. The zero-order valence-electron chi connectivity index (χ0n) is 17.6. The summed E-state index contributed by atoms with van der Waals surface area (Å²) in [5, 5.41) is 52.8. The molecule has 0 bridgehead atoms. The molecular weight excluding hydrogens is 448 g/mol. The van der Waals surface area contributed by atoms with Crippen molar-refractivity contribution >= 4 is 33.9 Å². The van der Waals surface area contributed by atoms with Crippen molar-refractivity contribution in [2.75, 3.05) is 11.9 Å². The minimum absolute atomic E-state index is 0.0891. The Balaban J connectivity index is 1.42. The van der Waals surface area contributed by atoms with Crippen LogP contribution in [-0.4, -0.2) is 87.0 Å². The van der Waals surface area contributed by atoms with Crippen molar-refractivity contribution in [1.29, 1.82) is 0 Å². The number of anilines is 1. The summed E-state index contributed by atoms with van der Waals surface area (Å²) in [5.74, 6) is -0.841. The third kappa shape index (κ3) is 3.80. The number of ether oxygens (including phenoxy) is 1. The lowest BCUT2D eigenvalue weighted by Gasteiger charge is -2.17. The predicted molar refractivity (Wildman–Crippen MR) is 117 cm³/mol. The monoisotopic (exact) mass is 470 g/mol. The molecule has 1 aliphatic heterocycles. The maximum absolute atomic E-state index is 12.0. The van der Waals surface area contributed by atoms with Gasteiger partial charge in [-0.2, -0.15) is 0 Å². The highest BCUT2D eigenvalue weighted by molar-refractivity contribution is 5.87. The van der Waals surface area contributed by atoms with Gasteiger partial charge in [-0.3, -0.25) is 4.57 Å². The summed E-state index contributed by atoms with van der Waals surface area (Å²) in [6.45, 7) is -0.475. The number of aromatic hydroxyl groups is 1. The summed E-state index contributed by atoms with van der Waals surface area (Å²) in [4.78, 5) is 27.7. The number of aromatic nitrogens is 5. The van der Waals surface area contributed by atoms with Gasteiger partial charge in [0.25, 0.3) is 0 Å². The molecule has 5 rings (SSSR count). The number of aliphatic carboxylic acids is 1. The number of imidazole rings is 1. The molecule has 13 nitrogen and oxygen atoms in total. The lowest BCUT2D eigenvalue weighted by atomic mass is 10.1. The first-order chi connectivity index (χ1) is 16.4. The molecule has 0 saturated carbocycles. The lowest BCUT2D eigenvalue weighted by Crippen LogP contribution is -2.33. The quantitative estimate of drug-likeness (QED) is 0.188. The van der Waals surface area contributed by atoms with Crippen molar-refractivity contribution in [3.8, 4) is 5.75 Å². The van der Waals surface area contributed by atoms with E-state index in [0.717, 1.165) is 10.9 Å². The van der Waals surface area contributed by atoms with Crippen molar-refractivity contribution in [2.24, 2.45) is 0 Å². The molecule has 1 unspecified atom stereocenters. The molecule has 4 aromatic rings. The number of rotatable bonds is 7. The van der Waals surface area contributed by atoms with Crippen molar-refractivity contribution in [2.45, 2.75) is 37.0 Å². The number of H-pyrrole nitrogens is 1. The number of carbonyl (C=O) groups is 1.